The molecule has 0 aliphatic carbocycles. The Kier molecular flexibility index (Phi) is 4.82. The molecule has 0 saturated carbocycles. The number of hydrogen-bond acceptors (Lipinski definition) is 3. The van der Waals surface area contributed by atoms with Crippen molar-refractivity contribution in [2.75, 3.05) is 0 Å². The Balaban J connectivity index is 2.26. The smallest absolute Gasteiger partial charge is 0.303 e. The molecule has 1 heterocycles. The maximum absolute atomic E-state index is 13.3. The van der Waals surface area contributed by atoms with Crippen molar-refractivity contribution in [3.8, 4) is 0 Å². The van der Waals surface area contributed by atoms with Crippen LogP contribution in [0.3, 0.4) is 0 Å². The van der Waals surface area contributed by atoms with Gasteiger partial charge in [-0.2, -0.15) is 0 Å². The molecule has 136 valence electrons. The van der Waals surface area contributed by atoms with Crippen LogP contribution >= 0.6 is 11.6 Å². The van der Waals surface area contributed by atoms with E-state index in [0.717, 1.165) is 11.1 Å². The highest BCUT2D eigenvalue weighted by atomic mass is 35.5. The van der Waals surface area contributed by atoms with E-state index in [-0.39, 0.29) is 17.7 Å². The Morgan fingerprint density at radius 2 is 1.73 bits per heavy atom. The maximum Gasteiger partial charge on any atom is 0.303 e. The summed E-state index contributed by atoms with van der Waals surface area (Å²) in [4.78, 5) is 11.2. The molecule has 3 rings (SSSR count). The molecular weight excluding hydrogens is 374 g/mol. The Morgan fingerprint density at radius 3 is 2.35 bits per heavy atom. The summed E-state index contributed by atoms with van der Waals surface area (Å²) < 4.78 is 27.9. The minimum absolute atomic E-state index is 0.103. The van der Waals surface area contributed by atoms with Gasteiger partial charge in [-0.3, -0.25) is 4.79 Å². The summed E-state index contributed by atoms with van der Waals surface area (Å²) in [5.74, 6) is -0.983. The molecule has 0 amide bonds. The van der Waals surface area contributed by atoms with Crippen LogP contribution in [0.1, 0.15) is 23.2 Å². The zero-order chi connectivity index (χ0) is 19.1. The number of carbonyl (C=O) groups is 1. The summed E-state index contributed by atoms with van der Waals surface area (Å²) in [7, 11) is -3.88. The molecule has 0 atom stereocenters. The molecule has 2 aromatic carbocycles. The topological polar surface area (TPSA) is 76.4 Å². The van der Waals surface area contributed by atoms with Gasteiger partial charge in [0.05, 0.1) is 16.8 Å². The minimum atomic E-state index is -3.88. The highest BCUT2D eigenvalue weighted by molar-refractivity contribution is 7.90. The van der Waals surface area contributed by atoms with Crippen LogP contribution in [0.5, 0.6) is 0 Å². The summed E-state index contributed by atoms with van der Waals surface area (Å²) >= 11 is 6.03. The van der Waals surface area contributed by atoms with E-state index in [1.807, 2.05) is 19.9 Å². The van der Waals surface area contributed by atoms with Crippen molar-refractivity contribution in [2.24, 2.45) is 0 Å². The minimum Gasteiger partial charge on any atom is -0.481 e. The van der Waals surface area contributed by atoms with Crippen LogP contribution in [0.4, 0.5) is 0 Å². The molecule has 0 bridgehead atoms. The molecule has 1 N–H and O–H groups in total. The first-order valence-corrected chi connectivity index (χ1v) is 9.86. The quantitative estimate of drug-likeness (QED) is 0.708. The predicted molar refractivity (Wildman–Crippen MR) is 101 cm³/mol. The molecule has 1 aromatic heterocycles. The molecule has 0 unspecified atom stereocenters. The number of carboxylic acid groups (broad SMARTS) is 1. The average molecular weight is 392 g/mol. The van der Waals surface area contributed by atoms with Gasteiger partial charge in [-0.05, 0) is 67.8 Å². The molecule has 3 aromatic rings. The fourth-order valence-electron chi connectivity index (χ4n) is 3.10. The zero-order valence-electron chi connectivity index (χ0n) is 14.4. The number of nitrogens with zero attached hydrogens (tertiary/aromatic N) is 1. The van der Waals surface area contributed by atoms with E-state index in [2.05, 4.69) is 0 Å². The number of hydrogen-bond donors (Lipinski definition) is 1. The third-order valence-corrected chi connectivity index (χ3v) is 6.10. The summed E-state index contributed by atoms with van der Waals surface area (Å²) in [5, 5.41) is 10.1. The Hall–Kier alpha value is -2.31. The van der Waals surface area contributed by atoms with Crippen LogP contribution in [-0.2, 0) is 21.2 Å². The van der Waals surface area contributed by atoms with Gasteiger partial charge in [-0.25, -0.2) is 12.4 Å². The second kappa shape index (κ2) is 6.78. The second-order valence-corrected chi connectivity index (χ2v) is 8.55. The lowest BCUT2D eigenvalue weighted by molar-refractivity contribution is -0.136. The third kappa shape index (κ3) is 3.48. The van der Waals surface area contributed by atoms with Gasteiger partial charge < -0.3 is 5.11 Å². The molecule has 0 fully saturated rings. The van der Waals surface area contributed by atoms with Gasteiger partial charge >= 0.3 is 5.97 Å². The molecule has 26 heavy (non-hydrogen) atoms. The number of carboxylic acids is 1. The third-order valence-electron chi connectivity index (χ3n) is 4.12. The van der Waals surface area contributed by atoms with Crippen molar-refractivity contribution in [3.05, 3.63) is 64.3 Å². The van der Waals surface area contributed by atoms with E-state index in [4.69, 9.17) is 16.7 Å². The molecule has 0 aliphatic rings. The predicted octanol–water partition coefficient (Wildman–Crippen LogP) is 4.17. The van der Waals surface area contributed by atoms with E-state index in [0.29, 0.717) is 21.6 Å². The zero-order valence-corrected chi connectivity index (χ0v) is 15.9. The molecule has 5 nitrogen and oxygen atoms in total. The van der Waals surface area contributed by atoms with E-state index < -0.39 is 16.0 Å². The van der Waals surface area contributed by atoms with Crippen LogP contribution in [0.25, 0.3) is 10.9 Å². The summed E-state index contributed by atoms with van der Waals surface area (Å²) in [6.45, 7) is 3.68. The summed E-state index contributed by atoms with van der Waals surface area (Å²) in [6, 6.07) is 11.8. The van der Waals surface area contributed by atoms with Crippen molar-refractivity contribution in [1.82, 2.24) is 3.97 Å². The van der Waals surface area contributed by atoms with Crippen LogP contribution in [0, 0.1) is 13.8 Å². The molecular formula is C19H18ClNO4S. The number of halogens is 1. The van der Waals surface area contributed by atoms with Gasteiger partial charge in [0.15, 0.2) is 0 Å². The highest BCUT2D eigenvalue weighted by Gasteiger charge is 2.24. The fourth-order valence-corrected chi connectivity index (χ4v) is 5.04. The van der Waals surface area contributed by atoms with Crippen molar-refractivity contribution >= 4 is 38.5 Å². The lowest BCUT2D eigenvalue weighted by Gasteiger charge is -2.13. The average Bonchev–Trinajstić information content (AvgIpc) is 2.90. The highest BCUT2D eigenvalue weighted by Crippen LogP contribution is 2.29. The lowest BCUT2D eigenvalue weighted by atomic mass is 10.2. The van der Waals surface area contributed by atoms with E-state index in [9.17, 15) is 13.2 Å². The van der Waals surface area contributed by atoms with E-state index in [1.165, 1.54) is 3.97 Å². The van der Waals surface area contributed by atoms with Crippen molar-refractivity contribution in [3.63, 3.8) is 0 Å². The first-order chi connectivity index (χ1) is 12.2. The van der Waals surface area contributed by atoms with Crippen molar-refractivity contribution < 1.29 is 18.3 Å². The number of aliphatic carboxylic acids is 1. The van der Waals surface area contributed by atoms with Gasteiger partial charge in [0.1, 0.15) is 0 Å². The molecule has 0 saturated heterocycles. The normalized spacial score (nSPS) is 11.8. The number of fused-ring (bicyclic) bond motifs is 1. The van der Waals surface area contributed by atoms with Crippen LogP contribution in [-0.4, -0.2) is 23.5 Å². The largest absolute Gasteiger partial charge is 0.481 e. The summed E-state index contributed by atoms with van der Waals surface area (Å²) in [6.07, 6.45) is -0.0575. The van der Waals surface area contributed by atoms with Crippen molar-refractivity contribution in [2.45, 2.75) is 31.6 Å². The van der Waals surface area contributed by atoms with Gasteiger partial charge in [0.25, 0.3) is 10.0 Å². The lowest BCUT2D eigenvalue weighted by Crippen LogP contribution is -2.16. The monoisotopic (exact) mass is 391 g/mol. The number of benzene rings is 2. The van der Waals surface area contributed by atoms with Crippen LogP contribution < -0.4 is 0 Å². The molecule has 0 aliphatic heterocycles. The van der Waals surface area contributed by atoms with Gasteiger partial charge in [-0.1, -0.05) is 17.7 Å². The summed E-state index contributed by atoms with van der Waals surface area (Å²) in [5.41, 5.74) is 2.59. The second-order valence-electron chi connectivity index (χ2n) is 6.33. The molecule has 7 heteroatoms. The molecule has 0 spiro atoms. The maximum atomic E-state index is 13.3. The Morgan fingerprint density at radius 1 is 1.08 bits per heavy atom. The van der Waals surface area contributed by atoms with Gasteiger partial charge in [0.2, 0.25) is 0 Å². The Bertz CT molecular complexity index is 1100. The van der Waals surface area contributed by atoms with E-state index >= 15 is 0 Å². The van der Waals surface area contributed by atoms with E-state index in [1.54, 1.807) is 36.4 Å². The molecule has 0 radical (unpaired) electrons. The van der Waals surface area contributed by atoms with Gasteiger partial charge in [0, 0.05) is 16.1 Å². The van der Waals surface area contributed by atoms with Crippen LogP contribution in [0.2, 0.25) is 5.02 Å². The number of aromatic nitrogens is 1. The SMILES string of the molecule is Cc1cc(C)cc(S(=O)(=O)n2c(CCC(=O)O)cc3cc(Cl)ccc32)c1. The number of aryl methyl sites for hydroxylation is 3. The fraction of sp³-hybridized carbons (Fsp3) is 0.211. The first-order valence-electron chi connectivity index (χ1n) is 8.04. The van der Waals surface area contributed by atoms with Crippen molar-refractivity contribution in [1.29, 1.82) is 0 Å². The number of rotatable bonds is 5. The standard InChI is InChI=1S/C19H18ClNO4S/c1-12-7-13(2)9-17(8-12)26(24,25)21-16(4-6-19(22)23)11-14-10-15(20)3-5-18(14)21/h3,5,7-11H,4,6H2,1-2H3,(H,22,23). The van der Waals surface area contributed by atoms with Gasteiger partial charge in [-0.15, -0.1) is 0 Å². The first kappa shape index (κ1) is 18.5. The Labute approximate surface area is 156 Å². The van der Waals surface area contributed by atoms with Crippen LogP contribution in [0.15, 0.2) is 47.4 Å².